The molecule has 0 aliphatic heterocycles. The Bertz CT molecular complexity index is 823. The van der Waals surface area contributed by atoms with Gasteiger partial charge in [-0.25, -0.2) is 12.8 Å². The highest BCUT2D eigenvalue weighted by atomic mass is 32.2. The average Bonchev–Trinajstić information content (AvgIpc) is 2.60. The smallest absolute Gasteiger partial charge is 0.235 e. The number of Topliss-reactive ketones (excluding diaryl/α,β-unsaturated/α-hetero) is 1. The van der Waals surface area contributed by atoms with Crippen molar-refractivity contribution in [1.29, 1.82) is 0 Å². The summed E-state index contributed by atoms with van der Waals surface area (Å²) in [7, 11) is -3.58. The first kappa shape index (κ1) is 18.1. The molecule has 0 aliphatic rings. The SMILES string of the molecule is CCS(=O)(=O)N(Cc1ccc(C(=O)CN)cc1F)c1ccccc1. The van der Waals surface area contributed by atoms with Crippen molar-refractivity contribution < 1.29 is 17.6 Å². The van der Waals surface area contributed by atoms with Gasteiger partial charge in [0.25, 0.3) is 0 Å². The first-order chi connectivity index (χ1) is 11.4. The number of rotatable bonds is 7. The number of nitrogens with zero attached hydrogens (tertiary/aromatic N) is 1. The number of hydrogen-bond acceptors (Lipinski definition) is 4. The second-order valence-corrected chi connectivity index (χ2v) is 7.36. The molecule has 0 fully saturated rings. The van der Waals surface area contributed by atoms with Gasteiger partial charge in [-0.1, -0.05) is 30.3 Å². The molecule has 0 aliphatic carbocycles. The molecule has 0 unspecified atom stereocenters. The fourth-order valence-electron chi connectivity index (χ4n) is 2.22. The molecule has 0 aromatic heterocycles. The Morgan fingerprint density at radius 1 is 1.17 bits per heavy atom. The number of carbonyl (C=O) groups is 1. The van der Waals surface area contributed by atoms with Crippen molar-refractivity contribution in [2.24, 2.45) is 5.73 Å². The molecular formula is C17H19FN2O3S. The van der Waals surface area contributed by atoms with Gasteiger partial charge in [-0.2, -0.15) is 0 Å². The summed E-state index contributed by atoms with van der Waals surface area (Å²) >= 11 is 0. The number of anilines is 1. The van der Waals surface area contributed by atoms with E-state index in [0.29, 0.717) is 5.69 Å². The third-order valence-electron chi connectivity index (χ3n) is 3.62. The highest BCUT2D eigenvalue weighted by Gasteiger charge is 2.22. The number of nitrogens with two attached hydrogens (primary N) is 1. The minimum Gasteiger partial charge on any atom is -0.324 e. The largest absolute Gasteiger partial charge is 0.324 e. The lowest BCUT2D eigenvalue weighted by Crippen LogP contribution is -2.32. The van der Waals surface area contributed by atoms with E-state index in [4.69, 9.17) is 5.73 Å². The lowest BCUT2D eigenvalue weighted by Gasteiger charge is -2.24. The van der Waals surface area contributed by atoms with Gasteiger partial charge in [0.1, 0.15) is 5.82 Å². The molecule has 0 atom stereocenters. The normalized spacial score (nSPS) is 11.3. The summed E-state index contributed by atoms with van der Waals surface area (Å²) in [5, 5.41) is 0. The molecule has 128 valence electrons. The van der Waals surface area contributed by atoms with E-state index in [9.17, 15) is 17.6 Å². The predicted molar refractivity (Wildman–Crippen MR) is 91.9 cm³/mol. The van der Waals surface area contributed by atoms with Gasteiger partial charge in [-0.05, 0) is 25.1 Å². The minimum absolute atomic E-state index is 0.104. The highest BCUT2D eigenvalue weighted by Crippen LogP contribution is 2.22. The molecule has 5 nitrogen and oxygen atoms in total. The molecule has 0 saturated carbocycles. The maximum absolute atomic E-state index is 14.3. The standard InChI is InChI=1S/C17H19FN2O3S/c1-2-24(22,23)20(15-6-4-3-5-7-15)12-14-9-8-13(10-16(14)18)17(21)11-19/h3-10H,2,11-12,19H2,1H3. The number of sulfonamides is 1. The summed E-state index contributed by atoms with van der Waals surface area (Å²) in [6.45, 7) is 1.17. The average molecular weight is 350 g/mol. The number of hydrogen-bond donors (Lipinski definition) is 1. The van der Waals surface area contributed by atoms with Crippen LogP contribution < -0.4 is 10.0 Å². The monoisotopic (exact) mass is 350 g/mol. The summed E-state index contributed by atoms with van der Waals surface area (Å²) in [6, 6.07) is 12.5. The van der Waals surface area contributed by atoms with Gasteiger partial charge in [0.05, 0.1) is 24.5 Å². The summed E-state index contributed by atoms with van der Waals surface area (Å²) in [5.74, 6) is -1.11. The van der Waals surface area contributed by atoms with Crippen LogP contribution in [-0.4, -0.2) is 26.5 Å². The number of carbonyl (C=O) groups excluding carboxylic acids is 1. The van der Waals surface area contributed by atoms with E-state index >= 15 is 0 Å². The molecule has 0 spiro atoms. The van der Waals surface area contributed by atoms with E-state index in [1.54, 1.807) is 30.3 Å². The molecule has 0 saturated heterocycles. The van der Waals surface area contributed by atoms with Gasteiger partial charge in [0, 0.05) is 11.1 Å². The Balaban J connectivity index is 2.39. The van der Waals surface area contributed by atoms with E-state index < -0.39 is 15.8 Å². The van der Waals surface area contributed by atoms with E-state index in [1.807, 2.05) is 0 Å². The zero-order valence-electron chi connectivity index (χ0n) is 13.3. The molecule has 2 N–H and O–H groups in total. The second-order valence-electron chi connectivity index (χ2n) is 5.18. The van der Waals surface area contributed by atoms with Crippen LogP contribution in [-0.2, 0) is 16.6 Å². The maximum atomic E-state index is 14.3. The van der Waals surface area contributed by atoms with E-state index in [0.717, 1.165) is 10.4 Å². The van der Waals surface area contributed by atoms with Crippen LogP contribution in [0.3, 0.4) is 0 Å². The number of ketones is 1. The van der Waals surface area contributed by atoms with Crippen molar-refractivity contribution >= 4 is 21.5 Å². The second kappa shape index (κ2) is 7.55. The summed E-state index contributed by atoms with van der Waals surface area (Å²) < 4.78 is 40.2. The van der Waals surface area contributed by atoms with E-state index in [2.05, 4.69) is 0 Å². The number of benzene rings is 2. The summed E-state index contributed by atoms with van der Waals surface area (Å²) in [6.07, 6.45) is 0. The van der Waals surface area contributed by atoms with Crippen molar-refractivity contribution in [3.05, 3.63) is 65.5 Å². The lowest BCUT2D eigenvalue weighted by atomic mass is 10.1. The van der Waals surface area contributed by atoms with Gasteiger partial charge >= 0.3 is 0 Å². The highest BCUT2D eigenvalue weighted by molar-refractivity contribution is 7.92. The Kier molecular flexibility index (Phi) is 5.69. The van der Waals surface area contributed by atoms with Gasteiger partial charge in [0.15, 0.2) is 5.78 Å². The number of halogens is 1. The van der Waals surface area contributed by atoms with E-state index in [1.165, 1.54) is 19.1 Å². The Hall–Kier alpha value is -2.25. The first-order valence-corrected chi connectivity index (χ1v) is 9.07. The molecule has 2 aromatic carbocycles. The zero-order chi connectivity index (χ0) is 17.7. The lowest BCUT2D eigenvalue weighted by molar-refractivity contribution is 0.100. The fourth-order valence-corrected chi connectivity index (χ4v) is 3.31. The van der Waals surface area contributed by atoms with Gasteiger partial charge < -0.3 is 5.73 Å². The molecule has 0 amide bonds. The molecule has 24 heavy (non-hydrogen) atoms. The van der Waals surface area contributed by atoms with Crippen molar-refractivity contribution in [2.45, 2.75) is 13.5 Å². The van der Waals surface area contributed by atoms with Crippen LogP contribution in [0.4, 0.5) is 10.1 Å². The number of para-hydroxylation sites is 1. The van der Waals surface area contributed by atoms with Crippen molar-refractivity contribution in [3.8, 4) is 0 Å². The van der Waals surface area contributed by atoms with Gasteiger partial charge in [-0.15, -0.1) is 0 Å². The van der Waals surface area contributed by atoms with Crippen LogP contribution in [0, 0.1) is 5.82 Å². The third kappa shape index (κ3) is 3.98. The summed E-state index contributed by atoms with van der Waals surface area (Å²) in [5.41, 5.74) is 6.08. The van der Waals surface area contributed by atoms with Crippen molar-refractivity contribution in [2.75, 3.05) is 16.6 Å². The van der Waals surface area contributed by atoms with Crippen LogP contribution in [0.25, 0.3) is 0 Å². The molecular weight excluding hydrogens is 331 g/mol. The Morgan fingerprint density at radius 2 is 1.83 bits per heavy atom. The molecule has 0 bridgehead atoms. The van der Waals surface area contributed by atoms with Crippen LogP contribution in [0.15, 0.2) is 48.5 Å². The maximum Gasteiger partial charge on any atom is 0.235 e. The van der Waals surface area contributed by atoms with Crippen LogP contribution in [0.2, 0.25) is 0 Å². The van der Waals surface area contributed by atoms with Crippen LogP contribution in [0.1, 0.15) is 22.8 Å². The Labute approximate surface area is 141 Å². The van der Waals surface area contributed by atoms with Gasteiger partial charge in [0.2, 0.25) is 10.0 Å². The minimum atomic E-state index is -3.58. The first-order valence-electron chi connectivity index (χ1n) is 7.46. The van der Waals surface area contributed by atoms with Crippen LogP contribution in [0.5, 0.6) is 0 Å². The van der Waals surface area contributed by atoms with Gasteiger partial charge in [-0.3, -0.25) is 9.10 Å². The quantitative estimate of drug-likeness (QED) is 0.777. The topological polar surface area (TPSA) is 80.5 Å². The molecule has 0 heterocycles. The predicted octanol–water partition coefficient (Wildman–Crippen LogP) is 2.32. The molecule has 0 radical (unpaired) electrons. The van der Waals surface area contributed by atoms with Crippen molar-refractivity contribution in [1.82, 2.24) is 0 Å². The van der Waals surface area contributed by atoms with E-state index in [-0.39, 0.29) is 35.8 Å². The molecule has 7 heteroatoms. The van der Waals surface area contributed by atoms with Crippen molar-refractivity contribution in [3.63, 3.8) is 0 Å². The Morgan fingerprint density at radius 3 is 2.38 bits per heavy atom. The zero-order valence-corrected chi connectivity index (χ0v) is 14.1. The third-order valence-corrected chi connectivity index (χ3v) is 5.36. The molecule has 2 aromatic rings. The van der Waals surface area contributed by atoms with Crippen LogP contribution >= 0.6 is 0 Å². The summed E-state index contributed by atoms with van der Waals surface area (Å²) in [4.78, 5) is 11.5. The fraction of sp³-hybridized carbons (Fsp3) is 0.235. The molecule has 2 rings (SSSR count).